The van der Waals surface area contributed by atoms with Gasteiger partial charge in [0.15, 0.2) is 0 Å². The van der Waals surface area contributed by atoms with Gasteiger partial charge in [-0.15, -0.1) is 0 Å². The molecule has 0 bridgehead atoms. The van der Waals surface area contributed by atoms with E-state index >= 15 is 0 Å². The average Bonchev–Trinajstić information content (AvgIpc) is 2.54. The number of aromatic nitrogens is 2. The number of amides is 2. The van der Waals surface area contributed by atoms with E-state index in [0.29, 0.717) is 23.9 Å². The summed E-state index contributed by atoms with van der Waals surface area (Å²) in [4.78, 5) is 31.2. The molecule has 0 spiro atoms. The summed E-state index contributed by atoms with van der Waals surface area (Å²) in [6.45, 7) is 4.04. The van der Waals surface area contributed by atoms with E-state index < -0.39 is 0 Å². The Morgan fingerprint density at radius 1 is 1.09 bits per heavy atom. The van der Waals surface area contributed by atoms with E-state index in [1.54, 1.807) is 30.3 Å². The standard InChI is InChI=1S/C16H19N5O2/c1-3-9-17-15(23)14-8-10-18-16(21-14)20-13-6-4-12(5-7-13)19-11(2)22/h4-8,10H,3,9H2,1-2H3,(H,17,23)(H,19,22)(H,18,20,21). The van der Waals surface area contributed by atoms with E-state index in [-0.39, 0.29) is 11.8 Å². The lowest BCUT2D eigenvalue weighted by atomic mass is 10.3. The molecule has 0 saturated carbocycles. The number of hydrogen-bond acceptors (Lipinski definition) is 5. The maximum Gasteiger partial charge on any atom is 0.270 e. The quantitative estimate of drug-likeness (QED) is 0.760. The Morgan fingerprint density at radius 3 is 2.43 bits per heavy atom. The molecule has 3 N–H and O–H groups in total. The third kappa shape index (κ3) is 5.06. The maximum absolute atomic E-state index is 11.9. The number of rotatable bonds is 6. The SMILES string of the molecule is CCCNC(=O)c1ccnc(Nc2ccc(NC(C)=O)cc2)n1. The first-order valence-electron chi connectivity index (χ1n) is 7.34. The Hall–Kier alpha value is -2.96. The molecular formula is C16H19N5O2. The molecule has 0 aliphatic rings. The van der Waals surface area contributed by atoms with Crippen molar-refractivity contribution in [3.8, 4) is 0 Å². The molecular weight excluding hydrogens is 294 g/mol. The van der Waals surface area contributed by atoms with Gasteiger partial charge in [-0.2, -0.15) is 0 Å². The minimum atomic E-state index is -0.224. The van der Waals surface area contributed by atoms with E-state index in [1.165, 1.54) is 13.1 Å². The number of nitrogens with zero attached hydrogens (tertiary/aromatic N) is 2. The first-order chi connectivity index (χ1) is 11.1. The smallest absolute Gasteiger partial charge is 0.270 e. The summed E-state index contributed by atoms with van der Waals surface area (Å²) < 4.78 is 0. The van der Waals surface area contributed by atoms with Gasteiger partial charge >= 0.3 is 0 Å². The lowest BCUT2D eigenvalue weighted by Crippen LogP contribution is -2.25. The maximum atomic E-state index is 11.9. The van der Waals surface area contributed by atoms with E-state index in [2.05, 4.69) is 25.9 Å². The van der Waals surface area contributed by atoms with Crippen molar-refractivity contribution in [3.05, 3.63) is 42.2 Å². The van der Waals surface area contributed by atoms with Crippen molar-refractivity contribution in [3.63, 3.8) is 0 Å². The Bertz CT molecular complexity index is 685. The monoisotopic (exact) mass is 313 g/mol. The molecule has 0 radical (unpaired) electrons. The second-order valence-corrected chi connectivity index (χ2v) is 4.90. The van der Waals surface area contributed by atoms with Gasteiger partial charge in [-0.25, -0.2) is 9.97 Å². The summed E-state index contributed by atoms with van der Waals surface area (Å²) in [5.74, 6) is -0.0143. The topological polar surface area (TPSA) is 96.0 Å². The van der Waals surface area contributed by atoms with Gasteiger partial charge in [0, 0.05) is 31.0 Å². The van der Waals surface area contributed by atoms with E-state index in [0.717, 1.165) is 12.1 Å². The van der Waals surface area contributed by atoms with Crippen LogP contribution in [0, 0.1) is 0 Å². The van der Waals surface area contributed by atoms with Crippen LogP contribution in [0.5, 0.6) is 0 Å². The molecule has 0 unspecified atom stereocenters. The highest BCUT2D eigenvalue weighted by Gasteiger charge is 2.08. The van der Waals surface area contributed by atoms with Crippen LogP contribution in [0.2, 0.25) is 0 Å². The summed E-state index contributed by atoms with van der Waals surface area (Å²) in [5.41, 5.74) is 1.77. The highest BCUT2D eigenvalue weighted by atomic mass is 16.2. The van der Waals surface area contributed by atoms with Crippen molar-refractivity contribution >= 4 is 29.1 Å². The van der Waals surface area contributed by atoms with Crippen LogP contribution in [0.4, 0.5) is 17.3 Å². The van der Waals surface area contributed by atoms with E-state index in [1.807, 2.05) is 6.92 Å². The number of carbonyl (C=O) groups is 2. The van der Waals surface area contributed by atoms with E-state index in [9.17, 15) is 9.59 Å². The summed E-state index contributed by atoms with van der Waals surface area (Å²) >= 11 is 0. The molecule has 2 rings (SSSR count). The molecule has 0 fully saturated rings. The van der Waals surface area contributed by atoms with Crippen molar-refractivity contribution < 1.29 is 9.59 Å². The van der Waals surface area contributed by atoms with Crippen LogP contribution >= 0.6 is 0 Å². The molecule has 1 aromatic heterocycles. The number of hydrogen-bond donors (Lipinski definition) is 3. The number of nitrogens with one attached hydrogen (secondary N) is 3. The Morgan fingerprint density at radius 2 is 1.78 bits per heavy atom. The van der Waals surface area contributed by atoms with Gasteiger partial charge < -0.3 is 16.0 Å². The summed E-state index contributed by atoms with van der Waals surface area (Å²) in [6.07, 6.45) is 2.39. The molecule has 0 aliphatic carbocycles. The molecule has 7 nitrogen and oxygen atoms in total. The second-order valence-electron chi connectivity index (χ2n) is 4.90. The van der Waals surface area contributed by atoms with Crippen molar-refractivity contribution in [1.82, 2.24) is 15.3 Å². The fourth-order valence-corrected chi connectivity index (χ4v) is 1.84. The molecule has 1 heterocycles. The minimum absolute atomic E-state index is 0.125. The lowest BCUT2D eigenvalue weighted by molar-refractivity contribution is -0.114. The molecule has 0 saturated heterocycles. The third-order valence-electron chi connectivity index (χ3n) is 2.89. The molecule has 2 aromatic rings. The number of anilines is 3. The Kier molecular flexibility index (Phi) is 5.62. The fraction of sp³-hybridized carbons (Fsp3) is 0.250. The summed E-state index contributed by atoms with van der Waals surface area (Å²) in [7, 11) is 0. The first-order valence-corrected chi connectivity index (χ1v) is 7.34. The minimum Gasteiger partial charge on any atom is -0.351 e. The molecule has 2 amide bonds. The van der Waals surface area contributed by atoms with Crippen LogP contribution in [0.3, 0.4) is 0 Å². The van der Waals surface area contributed by atoms with Crippen LogP contribution in [-0.2, 0) is 4.79 Å². The average molecular weight is 313 g/mol. The zero-order chi connectivity index (χ0) is 16.7. The predicted molar refractivity (Wildman–Crippen MR) is 88.7 cm³/mol. The van der Waals surface area contributed by atoms with Crippen LogP contribution in [0.25, 0.3) is 0 Å². The zero-order valence-electron chi connectivity index (χ0n) is 13.1. The Balaban J connectivity index is 2.05. The Labute approximate surface area is 134 Å². The highest BCUT2D eigenvalue weighted by molar-refractivity contribution is 5.92. The predicted octanol–water partition coefficient (Wildman–Crippen LogP) is 2.32. The van der Waals surface area contributed by atoms with Crippen molar-refractivity contribution in [2.24, 2.45) is 0 Å². The van der Waals surface area contributed by atoms with Crippen LogP contribution in [0.1, 0.15) is 30.8 Å². The fourth-order valence-electron chi connectivity index (χ4n) is 1.84. The van der Waals surface area contributed by atoms with Crippen LogP contribution in [0.15, 0.2) is 36.5 Å². The molecule has 7 heteroatoms. The summed E-state index contributed by atoms with van der Waals surface area (Å²) in [6, 6.07) is 8.68. The molecule has 0 aliphatic heterocycles. The van der Waals surface area contributed by atoms with Gasteiger partial charge in [0.25, 0.3) is 5.91 Å². The van der Waals surface area contributed by atoms with Gasteiger partial charge in [-0.3, -0.25) is 9.59 Å². The van der Waals surface area contributed by atoms with Gasteiger partial charge in [-0.1, -0.05) is 6.92 Å². The van der Waals surface area contributed by atoms with Crippen molar-refractivity contribution in [2.45, 2.75) is 20.3 Å². The molecule has 1 aromatic carbocycles. The molecule has 0 atom stereocenters. The molecule has 120 valence electrons. The van der Waals surface area contributed by atoms with Gasteiger partial charge in [0.1, 0.15) is 5.69 Å². The lowest BCUT2D eigenvalue weighted by Gasteiger charge is -2.08. The van der Waals surface area contributed by atoms with Crippen molar-refractivity contribution in [2.75, 3.05) is 17.2 Å². The summed E-state index contributed by atoms with van der Waals surface area (Å²) in [5, 5.41) is 8.48. The first kappa shape index (κ1) is 16.4. The molecule has 23 heavy (non-hydrogen) atoms. The normalized spacial score (nSPS) is 10.0. The largest absolute Gasteiger partial charge is 0.351 e. The van der Waals surface area contributed by atoms with Gasteiger partial charge in [0.2, 0.25) is 11.9 Å². The third-order valence-corrected chi connectivity index (χ3v) is 2.89. The van der Waals surface area contributed by atoms with Crippen molar-refractivity contribution in [1.29, 1.82) is 0 Å². The van der Waals surface area contributed by atoms with Gasteiger partial charge in [0.05, 0.1) is 0 Å². The highest BCUT2D eigenvalue weighted by Crippen LogP contribution is 2.16. The van der Waals surface area contributed by atoms with Crippen LogP contribution < -0.4 is 16.0 Å². The second kappa shape index (κ2) is 7.88. The van der Waals surface area contributed by atoms with Gasteiger partial charge in [-0.05, 0) is 36.8 Å². The number of benzene rings is 1. The van der Waals surface area contributed by atoms with Crippen LogP contribution in [-0.4, -0.2) is 28.3 Å². The zero-order valence-corrected chi connectivity index (χ0v) is 13.1. The number of carbonyl (C=O) groups excluding carboxylic acids is 2. The van der Waals surface area contributed by atoms with E-state index in [4.69, 9.17) is 0 Å².